The molecule has 166 valence electrons. The number of morpholine rings is 2. The summed E-state index contributed by atoms with van der Waals surface area (Å²) in [6.07, 6.45) is 3.47. The molecule has 0 saturated carbocycles. The first-order valence-corrected chi connectivity index (χ1v) is 10.8. The molecule has 0 spiro atoms. The molecular weight excluding hydrogens is 386 g/mol. The van der Waals surface area contributed by atoms with Gasteiger partial charge in [-0.1, -0.05) is 0 Å². The SMILES string of the molecule is Cc1cnc(C(=O)N(CCC(=O)N2CC(C)OC(C)C2)CC[NH+]2CCOCC2)cn1. The predicted molar refractivity (Wildman–Crippen MR) is 110 cm³/mol. The van der Waals surface area contributed by atoms with Crippen molar-refractivity contribution in [2.75, 3.05) is 59.0 Å². The number of quaternary nitrogens is 1. The number of carbonyl (C=O) groups excluding carboxylic acids is 2. The number of rotatable bonds is 7. The maximum Gasteiger partial charge on any atom is 0.274 e. The van der Waals surface area contributed by atoms with Crippen LogP contribution in [-0.2, 0) is 14.3 Å². The fourth-order valence-corrected chi connectivity index (χ4v) is 3.95. The Morgan fingerprint density at radius 3 is 2.47 bits per heavy atom. The second kappa shape index (κ2) is 10.8. The number of hydrogen-bond donors (Lipinski definition) is 1. The first kappa shape index (κ1) is 22.6. The van der Waals surface area contributed by atoms with Crippen LogP contribution >= 0.6 is 0 Å². The molecule has 2 aliphatic heterocycles. The Labute approximate surface area is 178 Å². The Morgan fingerprint density at radius 1 is 1.13 bits per heavy atom. The summed E-state index contributed by atoms with van der Waals surface area (Å²) in [5.41, 5.74) is 1.08. The van der Waals surface area contributed by atoms with Gasteiger partial charge in [-0.25, -0.2) is 4.98 Å². The van der Waals surface area contributed by atoms with E-state index in [4.69, 9.17) is 9.47 Å². The van der Waals surface area contributed by atoms with Gasteiger partial charge in [0.05, 0.1) is 50.4 Å². The molecule has 0 aromatic carbocycles. The van der Waals surface area contributed by atoms with Crippen LogP contribution in [0.5, 0.6) is 0 Å². The molecule has 3 rings (SSSR count). The minimum atomic E-state index is -0.174. The van der Waals surface area contributed by atoms with Crippen LogP contribution in [0.2, 0.25) is 0 Å². The van der Waals surface area contributed by atoms with E-state index in [-0.39, 0.29) is 24.0 Å². The van der Waals surface area contributed by atoms with Gasteiger partial charge in [-0.05, 0) is 20.8 Å². The second-order valence-corrected chi connectivity index (χ2v) is 8.25. The normalized spacial score (nSPS) is 22.7. The monoisotopic (exact) mass is 420 g/mol. The van der Waals surface area contributed by atoms with E-state index in [9.17, 15) is 9.59 Å². The molecule has 9 heteroatoms. The van der Waals surface area contributed by atoms with Crippen LogP contribution in [0.25, 0.3) is 0 Å². The van der Waals surface area contributed by atoms with E-state index in [2.05, 4.69) is 9.97 Å². The lowest BCUT2D eigenvalue weighted by atomic mass is 10.2. The van der Waals surface area contributed by atoms with Crippen molar-refractivity contribution in [2.45, 2.75) is 39.4 Å². The van der Waals surface area contributed by atoms with Crippen LogP contribution in [0, 0.1) is 6.92 Å². The van der Waals surface area contributed by atoms with Gasteiger partial charge in [-0.2, -0.15) is 0 Å². The Bertz CT molecular complexity index is 698. The molecule has 1 aromatic heterocycles. The van der Waals surface area contributed by atoms with Crippen molar-refractivity contribution in [3.8, 4) is 0 Å². The number of amides is 2. The summed E-state index contributed by atoms with van der Waals surface area (Å²) in [7, 11) is 0. The second-order valence-electron chi connectivity index (χ2n) is 8.25. The van der Waals surface area contributed by atoms with Gasteiger partial charge in [-0.3, -0.25) is 14.6 Å². The van der Waals surface area contributed by atoms with Gasteiger partial charge in [-0.15, -0.1) is 0 Å². The largest absolute Gasteiger partial charge is 0.372 e. The highest BCUT2D eigenvalue weighted by molar-refractivity contribution is 5.92. The quantitative estimate of drug-likeness (QED) is 0.619. The molecular formula is C21H34N5O4+. The Balaban J connectivity index is 1.61. The molecule has 2 fully saturated rings. The standard InChI is InChI=1S/C21H33N5O4/c1-16-12-23-19(13-22-16)21(28)25(7-6-24-8-10-29-11-9-24)5-4-20(27)26-14-17(2)30-18(3)15-26/h12-13,17-18H,4-11,14-15H2,1-3H3/p+1. The fourth-order valence-electron chi connectivity index (χ4n) is 3.95. The van der Waals surface area contributed by atoms with Gasteiger partial charge in [0.1, 0.15) is 18.8 Å². The summed E-state index contributed by atoms with van der Waals surface area (Å²) < 4.78 is 11.1. The molecule has 9 nitrogen and oxygen atoms in total. The van der Waals surface area contributed by atoms with E-state index in [0.717, 1.165) is 38.5 Å². The first-order chi connectivity index (χ1) is 14.4. The van der Waals surface area contributed by atoms with Crippen molar-refractivity contribution in [1.82, 2.24) is 19.8 Å². The average molecular weight is 421 g/mol. The van der Waals surface area contributed by atoms with Crippen LogP contribution in [0.15, 0.2) is 12.4 Å². The predicted octanol–water partition coefficient (Wildman–Crippen LogP) is -0.832. The number of carbonyl (C=O) groups is 2. The van der Waals surface area contributed by atoms with Crippen LogP contribution in [0.1, 0.15) is 36.5 Å². The molecule has 0 aliphatic carbocycles. The lowest BCUT2D eigenvalue weighted by Gasteiger charge is -2.35. The van der Waals surface area contributed by atoms with E-state index in [1.807, 2.05) is 25.7 Å². The van der Waals surface area contributed by atoms with Crippen molar-refractivity contribution in [3.63, 3.8) is 0 Å². The Morgan fingerprint density at radius 2 is 1.83 bits per heavy atom. The van der Waals surface area contributed by atoms with Crippen LogP contribution in [0.4, 0.5) is 0 Å². The molecule has 1 N–H and O–H groups in total. The Kier molecular flexibility index (Phi) is 8.12. The molecule has 0 radical (unpaired) electrons. The van der Waals surface area contributed by atoms with Gasteiger partial charge < -0.3 is 24.2 Å². The van der Waals surface area contributed by atoms with E-state index < -0.39 is 0 Å². The summed E-state index contributed by atoms with van der Waals surface area (Å²) in [6.45, 7) is 12.1. The summed E-state index contributed by atoms with van der Waals surface area (Å²) in [5.74, 6) is -0.116. The fraction of sp³-hybridized carbons (Fsp3) is 0.714. The number of aryl methyl sites for hydroxylation is 1. The molecule has 1 aromatic rings. The number of hydrogen-bond acceptors (Lipinski definition) is 6. The summed E-state index contributed by atoms with van der Waals surface area (Å²) in [4.78, 5) is 39.3. The van der Waals surface area contributed by atoms with Crippen molar-refractivity contribution in [1.29, 1.82) is 0 Å². The zero-order valence-corrected chi connectivity index (χ0v) is 18.3. The topological polar surface area (TPSA) is 89.3 Å². The van der Waals surface area contributed by atoms with Gasteiger partial charge >= 0.3 is 0 Å². The Hall–Kier alpha value is -2.10. The van der Waals surface area contributed by atoms with Crippen LogP contribution < -0.4 is 4.90 Å². The van der Waals surface area contributed by atoms with E-state index in [0.29, 0.717) is 38.3 Å². The zero-order chi connectivity index (χ0) is 21.5. The zero-order valence-electron chi connectivity index (χ0n) is 18.3. The van der Waals surface area contributed by atoms with Crippen LogP contribution in [0.3, 0.4) is 0 Å². The molecule has 2 amide bonds. The highest BCUT2D eigenvalue weighted by atomic mass is 16.5. The van der Waals surface area contributed by atoms with E-state index in [1.54, 1.807) is 11.1 Å². The maximum absolute atomic E-state index is 13.1. The number of nitrogens with one attached hydrogen (secondary N) is 1. The lowest BCUT2D eigenvalue weighted by Crippen LogP contribution is -3.14. The molecule has 2 unspecified atom stereocenters. The molecule has 2 saturated heterocycles. The third kappa shape index (κ3) is 6.45. The van der Waals surface area contributed by atoms with Crippen molar-refractivity contribution in [3.05, 3.63) is 23.8 Å². The molecule has 2 aliphatic rings. The molecule has 30 heavy (non-hydrogen) atoms. The lowest BCUT2D eigenvalue weighted by molar-refractivity contribution is -0.907. The maximum atomic E-state index is 13.1. The number of ether oxygens (including phenoxy) is 2. The van der Waals surface area contributed by atoms with Crippen molar-refractivity contribution >= 4 is 11.8 Å². The van der Waals surface area contributed by atoms with Gasteiger partial charge in [0.2, 0.25) is 5.91 Å². The van der Waals surface area contributed by atoms with E-state index >= 15 is 0 Å². The smallest absolute Gasteiger partial charge is 0.274 e. The van der Waals surface area contributed by atoms with Gasteiger partial charge in [0.25, 0.3) is 5.91 Å². The summed E-state index contributed by atoms with van der Waals surface area (Å²) in [6, 6.07) is 0. The minimum Gasteiger partial charge on any atom is -0.372 e. The highest BCUT2D eigenvalue weighted by Crippen LogP contribution is 2.12. The van der Waals surface area contributed by atoms with Crippen molar-refractivity contribution in [2.24, 2.45) is 0 Å². The van der Waals surface area contributed by atoms with Gasteiger partial charge in [0.15, 0.2) is 0 Å². The molecule has 0 bridgehead atoms. The number of aromatic nitrogens is 2. The van der Waals surface area contributed by atoms with Crippen LogP contribution in [-0.4, -0.2) is 103 Å². The third-order valence-corrected chi connectivity index (χ3v) is 5.59. The van der Waals surface area contributed by atoms with E-state index in [1.165, 1.54) is 11.1 Å². The molecule has 2 atom stereocenters. The van der Waals surface area contributed by atoms with Gasteiger partial charge in [0, 0.05) is 32.3 Å². The summed E-state index contributed by atoms with van der Waals surface area (Å²) in [5, 5.41) is 0. The average Bonchev–Trinajstić information content (AvgIpc) is 2.73. The summed E-state index contributed by atoms with van der Waals surface area (Å²) >= 11 is 0. The number of nitrogens with zero attached hydrogens (tertiary/aromatic N) is 4. The third-order valence-electron chi connectivity index (χ3n) is 5.59. The highest BCUT2D eigenvalue weighted by Gasteiger charge is 2.27. The molecule has 3 heterocycles. The van der Waals surface area contributed by atoms with Crippen molar-refractivity contribution < 1.29 is 24.0 Å². The first-order valence-electron chi connectivity index (χ1n) is 10.8. The minimum absolute atomic E-state index is 0.0307.